The molecule has 4 rings (SSSR count). The number of thioether (sulfide) groups is 1. The Hall–Kier alpha value is -2.20. The van der Waals surface area contributed by atoms with Gasteiger partial charge in [-0.25, -0.2) is 4.98 Å². The maximum absolute atomic E-state index is 12.9. The van der Waals surface area contributed by atoms with Crippen molar-refractivity contribution in [3.8, 4) is 11.4 Å². The van der Waals surface area contributed by atoms with Gasteiger partial charge >= 0.3 is 11.9 Å². The standard InChI is InChI=1S/C20H20BrN3O5S/c1-18(2)9-20(15(26)28-18)10-19(3,29-16(20)27)13(25)8-30-17-22-14(23-24-17)11-6-4-5-7-12(11)21/h4-7H,8-10H2,1-3H3,(H,22,23,24)/t19-,20-/m1/s1. The van der Waals surface area contributed by atoms with Crippen LogP contribution in [0.4, 0.5) is 0 Å². The van der Waals surface area contributed by atoms with Crippen molar-refractivity contribution >= 4 is 45.4 Å². The van der Waals surface area contributed by atoms with Crippen LogP contribution in [0, 0.1) is 5.41 Å². The van der Waals surface area contributed by atoms with E-state index in [0.717, 1.165) is 21.8 Å². The predicted molar refractivity (Wildman–Crippen MR) is 112 cm³/mol. The maximum Gasteiger partial charge on any atom is 0.324 e. The number of hydrogen-bond acceptors (Lipinski definition) is 8. The van der Waals surface area contributed by atoms with Crippen LogP contribution in [0.15, 0.2) is 33.9 Å². The zero-order chi connectivity index (χ0) is 21.7. The molecule has 30 heavy (non-hydrogen) atoms. The number of aromatic nitrogens is 3. The fourth-order valence-electron chi connectivity index (χ4n) is 3.98. The van der Waals surface area contributed by atoms with Gasteiger partial charge in [-0.1, -0.05) is 45.9 Å². The Labute approximate surface area is 185 Å². The molecule has 2 atom stereocenters. The molecule has 0 bridgehead atoms. The molecule has 1 spiro atoms. The van der Waals surface area contributed by atoms with E-state index in [-0.39, 0.29) is 24.4 Å². The van der Waals surface area contributed by atoms with Crippen LogP contribution < -0.4 is 0 Å². The van der Waals surface area contributed by atoms with Gasteiger partial charge in [-0.3, -0.25) is 19.5 Å². The lowest BCUT2D eigenvalue weighted by Gasteiger charge is -2.21. The number of cyclic esters (lactones) is 2. The van der Waals surface area contributed by atoms with Crippen molar-refractivity contribution in [2.45, 2.75) is 50.0 Å². The van der Waals surface area contributed by atoms with E-state index in [0.29, 0.717) is 11.0 Å². The first-order valence-electron chi connectivity index (χ1n) is 9.35. The van der Waals surface area contributed by atoms with Crippen LogP contribution >= 0.6 is 27.7 Å². The van der Waals surface area contributed by atoms with E-state index in [1.165, 1.54) is 0 Å². The van der Waals surface area contributed by atoms with Gasteiger partial charge in [-0.05, 0) is 26.8 Å². The van der Waals surface area contributed by atoms with Crippen molar-refractivity contribution in [2.75, 3.05) is 5.75 Å². The minimum Gasteiger partial charge on any atom is -0.459 e. The van der Waals surface area contributed by atoms with Gasteiger partial charge in [-0.15, -0.1) is 5.10 Å². The van der Waals surface area contributed by atoms with Gasteiger partial charge in [0.1, 0.15) is 5.60 Å². The first kappa shape index (κ1) is 21.0. The van der Waals surface area contributed by atoms with Gasteiger partial charge in [0, 0.05) is 22.9 Å². The third kappa shape index (κ3) is 3.56. The van der Waals surface area contributed by atoms with Gasteiger partial charge in [0.15, 0.2) is 22.6 Å². The van der Waals surface area contributed by atoms with E-state index < -0.39 is 28.6 Å². The molecule has 2 aliphatic heterocycles. The van der Waals surface area contributed by atoms with Gasteiger partial charge in [0.25, 0.3) is 0 Å². The molecule has 0 aliphatic carbocycles. The van der Waals surface area contributed by atoms with Crippen LogP contribution in [0.5, 0.6) is 0 Å². The molecule has 1 aromatic carbocycles. The van der Waals surface area contributed by atoms with Crippen LogP contribution in [-0.4, -0.2) is 49.9 Å². The largest absolute Gasteiger partial charge is 0.459 e. The van der Waals surface area contributed by atoms with E-state index in [1.807, 2.05) is 24.3 Å². The number of benzene rings is 1. The number of carbonyl (C=O) groups excluding carboxylic acids is 3. The number of halogens is 1. The molecule has 0 amide bonds. The topological polar surface area (TPSA) is 111 Å². The molecule has 1 aromatic heterocycles. The molecule has 1 N–H and O–H groups in total. The fraction of sp³-hybridized carbons (Fsp3) is 0.450. The summed E-state index contributed by atoms with van der Waals surface area (Å²) in [5.74, 6) is -1.03. The first-order valence-corrected chi connectivity index (χ1v) is 11.1. The molecule has 2 saturated heterocycles. The number of ether oxygens (including phenoxy) is 2. The van der Waals surface area contributed by atoms with Gasteiger partial charge in [0.05, 0.1) is 5.75 Å². The molecule has 0 saturated carbocycles. The Kier molecular flexibility index (Phi) is 5.05. The zero-order valence-corrected chi connectivity index (χ0v) is 19.1. The SMILES string of the molecule is CC1(C)C[C@@]2(C[C@](C)(C(=O)CSc3n[nH]c(-c4ccccc4Br)n3)OC2=O)C(=O)O1. The first-order chi connectivity index (χ1) is 14.0. The van der Waals surface area contributed by atoms with Gasteiger partial charge < -0.3 is 9.47 Å². The maximum atomic E-state index is 12.9. The van der Waals surface area contributed by atoms with Crippen molar-refractivity contribution in [3.63, 3.8) is 0 Å². The van der Waals surface area contributed by atoms with Crippen molar-refractivity contribution in [3.05, 3.63) is 28.7 Å². The highest BCUT2D eigenvalue weighted by Gasteiger charge is 2.67. The summed E-state index contributed by atoms with van der Waals surface area (Å²) >= 11 is 4.61. The van der Waals surface area contributed by atoms with E-state index in [9.17, 15) is 14.4 Å². The second-order valence-electron chi connectivity index (χ2n) is 8.36. The number of nitrogens with zero attached hydrogens (tertiary/aromatic N) is 2. The van der Waals surface area contributed by atoms with Crippen LogP contribution in [0.3, 0.4) is 0 Å². The van der Waals surface area contributed by atoms with E-state index in [2.05, 4.69) is 31.1 Å². The summed E-state index contributed by atoms with van der Waals surface area (Å²) in [7, 11) is 0. The van der Waals surface area contributed by atoms with Crippen molar-refractivity contribution in [1.29, 1.82) is 0 Å². The van der Waals surface area contributed by atoms with E-state index >= 15 is 0 Å². The summed E-state index contributed by atoms with van der Waals surface area (Å²) in [6.07, 6.45) is 0.181. The van der Waals surface area contributed by atoms with Crippen LogP contribution in [0.25, 0.3) is 11.4 Å². The summed E-state index contributed by atoms with van der Waals surface area (Å²) in [4.78, 5) is 42.3. The Bertz CT molecular complexity index is 1050. The molecule has 2 aromatic rings. The highest BCUT2D eigenvalue weighted by atomic mass is 79.9. The molecule has 8 nitrogen and oxygen atoms in total. The number of hydrogen-bond donors (Lipinski definition) is 1. The molecule has 3 heterocycles. The summed E-state index contributed by atoms with van der Waals surface area (Å²) in [6.45, 7) is 5.03. The van der Waals surface area contributed by atoms with Crippen molar-refractivity contribution in [2.24, 2.45) is 5.41 Å². The highest BCUT2D eigenvalue weighted by molar-refractivity contribution is 9.10. The average Bonchev–Trinajstić information content (AvgIpc) is 3.29. The highest BCUT2D eigenvalue weighted by Crippen LogP contribution is 2.52. The normalized spacial score (nSPS) is 27.3. The Morgan fingerprint density at radius 1 is 1.17 bits per heavy atom. The Morgan fingerprint density at radius 3 is 2.53 bits per heavy atom. The number of carbonyl (C=O) groups is 3. The minimum absolute atomic E-state index is 0.00551. The van der Waals surface area contributed by atoms with Crippen LogP contribution in [-0.2, 0) is 23.9 Å². The summed E-state index contributed by atoms with van der Waals surface area (Å²) in [5.41, 5.74) is -2.70. The van der Waals surface area contributed by atoms with E-state index in [4.69, 9.17) is 9.47 Å². The smallest absolute Gasteiger partial charge is 0.324 e. The zero-order valence-electron chi connectivity index (χ0n) is 16.7. The van der Waals surface area contributed by atoms with Gasteiger partial charge in [0.2, 0.25) is 5.16 Å². The van der Waals surface area contributed by atoms with Crippen molar-refractivity contribution in [1.82, 2.24) is 15.2 Å². The molecule has 158 valence electrons. The molecule has 0 radical (unpaired) electrons. The van der Waals surface area contributed by atoms with E-state index in [1.54, 1.807) is 20.8 Å². The minimum atomic E-state index is -1.41. The number of rotatable bonds is 5. The molecular weight excluding hydrogens is 474 g/mol. The predicted octanol–water partition coefficient (Wildman–Crippen LogP) is 3.31. The molecule has 2 fully saturated rings. The van der Waals surface area contributed by atoms with Crippen LogP contribution in [0.1, 0.15) is 33.6 Å². The quantitative estimate of drug-likeness (QED) is 0.383. The lowest BCUT2D eigenvalue weighted by molar-refractivity contribution is -0.162. The summed E-state index contributed by atoms with van der Waals surface area (Å²) in [6, 6.07) is 7.58. The lowest BCUT2D eigenvalue weighted by Crippen LogP contribution is -2.38. The Morgan fingerprint density at radius 2 is 1.87 bits per heavy atom. The number of ketones is 1. The molecule has 0 unspecified atom stereocenters. The number of nitrogens with one attached hydrogen (secondary N) is 1. The Balaban J connectivity index is 1.45. The second-order valence-corrected chi connectivity index (χ2v) is 10.2. The number of aromatic amines is 1. The number of Topliss-reactive ketones (excluding diaryl/α,β-unsaturated/α-hetero) is 1. The van der Waals surface area contributed by atoms with Gasteiger partial charge in [-0.2, -0.15) is 0 Å². The summed E-state index contributed by atoms with van der Waals surface area (Å²) < 4.78 is 11.6. The monoisotopic (exact) mass is 493 g/mol. The number of esters is 2. The molecule has 10 heteroatoms. The third-order valence-electron chi connectivity index (χ3n) is 5.35. The average molecular weight is 494 g/mol. The third-order valence-corrected chi connectivity index (χ3v) is 6.89. The van der Waals surface area contributed by atoms with Crippen LogP contribution in [0.2, 0.25) is 0 Å². The number of H-pyrrole nitrogens is 1. The lowest BCUT2D eigenvalue weighted by atomic mass is 9.75. The summed E-state index contributed by atoms with van der Waals surface area (Å²) in [5, 5.41) is 7.40. The second kappa shape index (κ2) is 7.19. The molecule has 2 aliphatic rings. The van der Waals surface area contributed by atoms with Crippen molar-refractivity contribution < 1.29 is 23.9 Å². The fourth-order valence-corrected chi connectivity index (χ4v) is 5.29. The molecular formula is C20H20BrN3O5S.